The first-order valence-electron chi connectivity index (χ1n) is 6.25. The molecule has 0 aromatic heterocycles. The molecule has 1 aliphatic rings. The molecule has 1 rings (SSSR count). The first-order valence-corrected chi connectivity index (χ1v) is 6.25. The minimum Gasteiger partial charge on any atom is -0.382 e. The van der Waals surface area contributed by atoms with E-state index < -0.39 is 0 Å². The van der Waals surface area contributed by atoms with Gasteiger partial charge in [-0.05, 0) is 6.42 Å². The number of quaternary nitrogens is 1. The maximum absolute atomic E-state index is 5.57. The second-order valence-electron chi connectivity index (χ2n) is 4.55. The number of nitrogens with zero attached hydrogens (tertiary/aromatic N) is 1. The molecule has 0 unspecified atom stereocenters. The summed E-state index contributed by atoms with van der Waals surface area (Å²) in [6.45, 7) is 9.87. The van der Waals surface area contributed by atoms with E-state index in [0.717, 1.165) is 13.2 Å². The number of hydrogen-bond donors (Lipinski definition) is 0. The van der Waals surface area contributed by atoms with Gasteiger partial charge in [-0.2, -0.15) is 0 Å². The average Bonchev–Trinajstić information content (AvgIpc) is 2.67. The molecule has 1 aliphatic heterocycles. The number of ether oxygens (including phenoxy) is 2. The van der Waals surface area contributed by atoms with Gasteiger partial charge in [-0.3, -0.25) is 0 Å². The van der Waals surface area contributed by atoms with Crippen molar-refractivity contribution in [3.8, 4) is 0 Å². The topological polar surface area (TPSA) is 18.5 Å². The average molecular weight is 216 g/mol. The van der Waals surface area contributed by atoms with E-state index in [-0.39, 0.29) is 0 Å². The molecular weight excluding hydrogens is 190 g/mol. The van der Waals surface area contributed by atoms with Gasteiger partial charge in [-0.1, -0.05) is 6.92 Å². The molecule has 0 atom stereocenters. The van der Waals surface area contributed by atoms with Crippen LogP contribution in [0.1, 0.15) is 26.2 Å². The third-order valence-electron chi connectivity index (χ3n) is 3.35. The number of rotatable bonds is 8. The molecule has 0 amide bonds. The summed E-state index contributed by atoms with van der Waals surface area (Å²) >= 11 is 0. The molecule has 15 heavy (non-hydrogen) atoms. The van der Waals surface area contributed by atoms with E-state index in [2.05, 4.69) is 6.92 Å². The van der Waals surface area contributed by atoms with Gasteiger partial charge in [0.05, 0.1) is 39.5 Å². The monoisotopic (exact) mass is 216 g/mol. The quantitative estimate of drug-likeness (QED) is 0.454. The Morgan fingerprint density at radius 2 is 1.73 bits per heavy atom. The van der Waals surface area contributed by atoms with Gasteiger partial charge < -0.3 is 14.0 Å². The van der Waals surface area contributed by atoms with Gasteiger partial charge in [0.2, 0.25) is 0 Å². The molecule has 0 aromatic carbocycles. The normalized spacial score (nSPS) is 19.6. The standard InChI is InChI=1S/C12H26NO2/c1-3-6-13(7-4-5-8-13)9-10-15-12-11-14-2/h3-12H2,1-2H3/q+1. The first kappa shape index (κ1) is 12.9. The predicted molar refractivity (Wildman–Crippen MR) is 61.9 cm³/mol. The van der Waals surface area contributed by atoms with Crippen LogP contribution in [-0.2, 0) is 9.47 Å². The van der Waals surface area contributed by atoms with Crippen LogP contribution in [0.5, 0.6) is 0 Å². The Labute approximate surface area is 93.9 Å². The summed E-state index contributed by atoms with van der Waals surface area (Å²) in [5, 5.41) is 0. The lowest BCUT2D eigenvalue weighted by Gasteiger charge is -2.33. The highest BCUT2D eigenvalue weighted by atomic mass is 16.5. The Bertz CT molecular complexity index is 156. The van der Waals surface area contributed by atoms with Gasteiger partial charge in [-0.25, -0.2) is 0 Å². The van der Waals surface area contributed by atoms with Crippen molar-refractivity contribution in [1.29, 1.82) is 0 Å². The molecule has 0 radical (unpaired) electrons. The summed E-state index contributed by atoms with van der Waals surface area (Å²) in [7, 11) is 1.72. The zero-order valence-corrected chi connectivity index (χ0v) is 10.3. The van der Waals surface area contributed by atoms with Crippen molar-refractivity contribution in [3.05, 3.63) is 0 Å². The van der Waals surface area contributed by atoms with Crippen LogP contribution in [0.25, 0.3) is 0 Å². The molecule has 0 bridgehead atoms. The van der Waals surface area contributed by atoms with E-state index in [0.29, 0.717) is 6.61 Å². The smallest absolute Gasteiger partial charge is 0.102 e. The van der Waals surface area contributed by atoms with Gasteiger partial charge in [0.25, 0.3) is 0 Å². The summed E-state index contributed by atoms with van der Waals surface area (Å²) in [6, 6.07) is 0. The van der Waals surface area contributed by atoms with Crippen molar-refractivity contribution in [3.63, 3.8) is 0 Å². The van der Waals surface area contributed by atoms with Crippen LogP contribution in [0.15, 0.2) is 0 Å². The lowest BCUT2D eigenvalue weighted by atomic mass is 10.3. The summed E-state index contributed by atoms with van der Waals surface area (Å²) in [6.07, 6.45) is 4.09. The van der Waals surface area contributed by atoms with Crippen molar-refractivity contribution >= 4 is 0 Å². The fourth-order valence-electron chi connectivity index (χ4n) is 2.54. The molecular formula is C12H26NO2+. The maximum atomic E-state index is 5.57. The van der Waals surface area contributed by atoms with Gasteiger partial charge >= 0.3 is 0 Å². The van der Waals surface area contributed by atoms with Gasteiger partial charge in [0.15, 0.2) is 0 Å². The molecule has 1 heterocycles. The Kier molecular flexibility index (Phi) is 6.22. The minimum atomic E-state index is 0.716. The highest BCUT2D eigenvalue weighted by Gasteiger charge is 2.30. The summed E-state index contributed by atoms with van der Waals surface area (Å²) in [5.41, 5.74) is 0. The second kappa shape index (κ2) is 7.20. The Morgan fingerprint density at radius 3 is 2.33 bits per heavy atom. The molecule has 3 nitrogen and oxygen atoms in total. The number of hydrogen-bond acceptors (Lipinski definition) is 2. The fraction of sp³-hybridized carbons (Fsp3) is 1.00. The predicted octanol–water partition coefficient (Wildman–Crippen LogP) is 1.67. The second-order valence-corrected chi connectivity index (χ2v) is 4.55. The Balaban J connectivity index is 2.14. The van der Waals surface area contributed by atoms with Gasteiger partial charge in [-0.15, -0.1) is 0 Å². The molecule has 0 aliphatic carbocycles. The molecule has 0 saturated carbocycles. The number of methoxy groups -OCH3 is 1. The van der Waals surface area contributed by atoms with Gasteiger partial charge in [0.1, 0.15) is 6.54 Å². The third-order valence-corrected chi connectivity index (χ3v) is 3.35. The van der Waals surface area contributed by atoms with Crippen molar-refractivity contribution < 1.29 is 14.0 Å². The summed E-state index contributed by atoms with van der Waals surface area (Å²) < 4.78 is 11.8. The molecule has 0 aromatic rings. The summed E-state index contributed by atoms with van der Waals surface area (Å²) in [4.78, 5) is 0. The fourth-order valence-corrected chi connectivity index (χ4v) is 2.54. The zero-order chi connectivity index (χ0) is 11.0. The largest absolute Gasteiger partial charge is 0.382 e. The van der Waals surface area contributed by atoms with E-state index in [1.807, 2.05) is 0 Å². The highest BCUT2D eigenvalue weighted by Crippen LogP contribution is 2.19. The maximum Gasteiger partial charge on any atom is 0.102 e. The van der Waals surface area contributed by atoms with E-state index in [1.54, 1.807) is 7.11 Å². The van der Waals surface area contributed by atoms with Crippen LogP contribution < -0.4 is 0 Å². The van der Waals surface area contributed by atoms with Crippen molar-refractivity contribution in [2.45, 2.75) is 26.2 Å². The Morgan fingerprint density at radius 1 is 1.00 bits per heavy atom. The van der Waals surface area contributed by atoms with E-state index in [1.165, 1.54) is 49.9 Å². The van der Waals surface area contributed by atoms with Crippen LogP contribution in [0.2, 0.25) is 0 Å². The summed E-state index contributed by atoms with van der Waals surface area (Å²) in [5.74, 6) is 0. The minimum absolute atomic E-state index is 0.716. The molecule has 3 heteroatoms. The lowest BCUT2D eigenvalue weighted by Crippen LogP contribution is -2.48. The van der Waals surface area contributed by atoms with Crippen LogP contribution in [0, 0.1) is 0 Å². The van der Waals surface area contributed by atoms with Crippen molar-refractivity contribution in [2.24, 2.45) is 0 Å². The van der Waals surface area contributed by atoms with Gasteiger partial charge in [0, 0.05) is 20.0 Å². The molecule has 0 N–H and O–H groups in total. The lowest BCUT2D eigenvalue weighted by molar-refractivity contribution is -0.917. The van der Waals surface area contributed by atoms with Crippen LogP contribution >= 0.6 is 0 Å². The Hall–Kier alpha value is -0.120. The number of likely N-dealkylation sites (tertiary alicyclic amines) is 1. The molecule has 1 saturated heterocycles. The SMILES string of the molecule is CCC[N+]1(CCOCCOC)CCCC1. The van der Waals surface area contributed by atoms with Crippen LogP contribution in [-0.4, -0.2) is 57.6 Å². The molecule has 0 spiro atoms. The molecule has 1 fully saturated rings. The van der Waals surface area contributed by atoms with E-state index >= 15 is 0 Å². The van der Waals surface area contributed by atoms with Crippen molar-refractivity contribution in [1.82, 2.24) is 0 Å². The van der Waals surface area contributed by atoms with Crippen LogP contribution in [0.3, 0.4) is 0 Å². The third kappa shape index (κ3) is 4.49. The zero-order valence-electron chi connectivity index (χ0n) is 10.3. The highest BCUT2D eigenvalue weighted by molar-refractivity contribution is 4.54. The van der Waals surface area contributed by atoms with Crippen molar-refractivity contribution in [2.75, 3.05) is 53.1 Å². The van der Waals surface area contributed by atoms with Crippen LogP contribution in [0.4, 0.5) is 0 Å². The molecule has 90 valence electrons. The van der Waals surface area contributed by atoms with E-state index in [4.69, 9.17) is 9.47 Å². The first-order chi connectivity index (χ1) is 7.33. The van der Waals surface area contributed by atoms with E-state index in [9.17, 15) is 0 Å².